The number of furan rings is 1. The molecule has 1 aliphatic rings. The molecule has 4 aromatic rings. The molecule has 0 saturated carbocycles. The summed E-state index contributed by atoms with van der Waals surface area (Å²) < 4.78 is 10.7. The number of aromatic amines is 1. The van der Waals surface area contributed by atoms with Gasteiger partial charge >= 0.3 is 5.97 Å². The molecule has 3 heterocycles. The minimum Gasteiger partial charge on any atom is -0.463 e. The predicted molar refractivity (Wildman–Crippen MR) is 119 cm³/mol. The molecule has 0 radical (unpaired) electrons. The van der Waals surface area contributed by atoms with Gasteiger partial charge in [0, 0.05) is 11.3 Å². The number of benzene rings is 2. The van der Waals surface area contributed by atoms with Crippen LogP contribution in [0, 0.1) is 6.92 Å². The Hall–Kier alpha value is -4.13. The van der Waals surface area contributed by atoms with Gasteiger partial charge in [0.15, 0.2) is 11.5 Å². The highest BCUT2D eigenvalue weighted by Gasteiger charge is 2.43. The van der Waals surface area contributed by atoms with E-state index in [1.807, 2.05) is 37.3 Å². The lowest BCUT2D eigenvalue weighted by atomic mass is 9.97. The van der Waals surface area contributed by atoms with Gasteiger partial charge in [0.05, 0.1) is 24.5 Å². The first-order chi connectivity index (χ1) is 15.6. The number of H-pyrrole nitrogens is 1. The van der Waals surface area contributed by atoms with Gasteiger partial charge in [-0.05, 0) is 55.8 Å². The highest BCUT2D eigenvalue weighted by atomic mass is 16.5. The standard InChI is InChI=1S/C25H21N3O4/c1-3-31-25(30)17-10-12-18(13-11-17)28-23(16-8-6-15(2)7-9-16)20-21(19-5-4-14-32-19)26-27-22(20)24(28)29/h4-14,23H,3H2,1-2H3,(H,26,27)/t23-/m0/s1. The van der Waals surface area contributed by atoms with E-state index in [-0.39, 0.29) is 5.91 Å². The number of aryl methyl sites for hydroxylation is 1. The molecule has 0 spiro atoms. The SMILES string of the molecule is CCOC(=O)c1ccc(N2C(=O)c3n[nH]c(-c4ccco4)c3[C@@H]2c2ccc(C)cc2)cc1. The largest absolute Gasteiger partial charge is 0.463 e. The van der Waals surface area contributed by atoms with E-state index in [2.05, 4.69) is 10.2 Å². The molecule has 0 unspecified atom stereocenters. The molecule has 32 heavy (non-hydrogen) atoms. The summed E-state index contributed by atoms with van der Waals surface area (Å²) in [5.41, 5.74) is 4.98. The molecule has 1 aliphatic heterocycles. The van der Waals surface area contributed by atoms with Crippen molar-refractivity contribution in [3.05, 3.63) is 94.9 Å². The Labute approximate surface area is 184 Å². The topological polar surface area (TPSA) is 88.4 Å². The van der Waals surface area contributed by atoms with Gasteiger partial charge in [-0.25, -0.2) is 4.79 Å². The number of fused-ring (bicyclic) bond motifs is 1. The zero-order valence-electron chi connectivity index (χ0n) is 17.7. The predicted octanol–water partition coefficient (Wildman–Crippen LogP) is 4.90. The van der Waals surface area contributed by atoms with Crippen LogP contribution in [0.2, 0.25) is 0 Å². The zero-order chi connectivity index (χ0) is 22.2. The van der Waals surface area contributed by atoms with Crippen LogP contribution < -0.4 is 4.90 Å². The van der Waals surface area contributed by atoms with E-state index in [0.29, 0.717) is 35.0 Å². The number of esters is 1. The number of rotatable bonds is 5. The Morgan fingerprint density at radius 2 is 1.88 bits per heavy atom. The van der Waals surface area contributed by atoms with Gasteiger partial charge in [0.1, 0.15) is 5.69 Å². The van der Waals surface area contributed by atoms with Crippen LogP contribution in [-0.2, 0) is 4.74 Å². The van der Waals surface area contributed by atoms with E-state index in [9.17, 15) is 9.59 Å². The summed E-state index contributed by atoms with van der Waals surface area (Å²) in [4.78, 5) is 27.2. The van der Waals surface area contributed by atoms with E-state index in [1.165, 1.54) is 0 Å². The second-order valence-electron chi connectivity index (χ2n) is 7.59. The maximum absolute atomic E-state index is 13.5. The smallest absolute Gasteiger partial charge is 0.338 e. The highest BCUT2D eigenvalue weighted by Crippen LogP contribution is 2.45. The molecule has 1 atom stereocenters. The van der Waals surface area contributed by atoms with Crippen LogP contribution in [0.15, 0.2) is 71.3 Å². The second-order valence-corrected chi connectivity index (χ2v) is 7.59. The molecule has 0 saturated heterocycles. The van der Waals surface area contributed by atoms with Crippen LogP contribution in [-0.4, -0.2) is 28.7 Å². The summed E-state index contributed by atoms with van der Waals surface area (Å²) in [5, 5.41) is 7.30. The Kier molecular flexibility index (Phi) is 4.86. The van der Waals surface area contributed by atoms with Crippen LogP contribution in [0.1, 0.15) is 50.5 Å². The number of nitrogens with zero attached hydrogens (tertiary/aromatic N) is 2. The van der Waals surface area contributed by atoms with Crippen LogP contribution in [0.3, 0.4) is 0 Å². The molecular formula is C25H21N3O4. The van der Waals surface area contributed by atoms with Gasteiger partial charge in [-0.15, -0.1) is 0 Å². The number of anilines is 1. The third-order valence-electron chi connectivity index (χ3n) is 5.57. The molecule has 7 heteroatoms. The van der Waals surface area contributed by atoms with Crippen molar-refractivity contribution < 1.29 is 18.7 Å². The van der Waals surface area contributed by atoms with Crippen molar-refractivity contribution in [3.63, 3.8) is 0 Å². The van der Waals surface area contributed by atoms with Gasteiger partial charge in [0.25, 0.3) is 5.91 Å². The Balaban J connectivity index is 1.62. The molecule has 1 amide bonds. The molecule has 0 bridgehead atoms. The summed E-state index contributed by atoms with van der Waals surface area (Å²) >= 11 is 0. The van der Waals surface area contributed by atoms with Crippen molar-refractivity contribution >= 4 is 17.6 Å². The lowest BCUT2D eigenvalue weighted by molar-refractivity contribution is 0.0526. The molecule has 0 aliphatic carbocycles. The molecule has 2 aromatic carbocycles. The van der Waals surface area contributed by atoms with Crippen LogP contribution in [0.4, 0.5) is 5.69 Å². The first kappa shape index (κ1) is 19.8. The number of nitrogens with one attached hydrogen (secondary N) is 1. The van der Waals surface area contributed by atoms with Crippen LogP contribution in [0.25, 0.3) is 11.5 Å². The van der Waals surface area contributed by atoms with E-state index in [0.717, 1.165) is 16.7 Å². The quantitative estimate of drug-likeness (QED) is 0.458. The van der Waals surface area contributed by atoms with Crippen molar-refractivity contribution in [3.8, 4) is 11.5 Å². The summed E-state index contributed by atoms with van der Waals surface area (Å²) in [5.74, 6) is 0.00169. The van der Waals surface area contributed by atoms with Gasteiger partial charge < -0.3 is 9.15 Å². The Bertz CT molecular complexity index is 1270. The van der Waals surface area contributed by atoms with Gasteiger partial charge in [-0.2, -0.15) is 5.10 Å². The molecule has 2 aromatic heterocycles. The number of hydrogen-bond acceptors (Lipinski definition) is 5. The average Bonchev–Trinajstić information content (AvgIpc) is 3.53. The second kappa shape index (κ2) is 7.85. The van der Waals surface area contributed by atoms with Crippen LogP contribution >= 0.6 is 0 Å². The maximum Gasteiger partial charge on any atom is 0.338 e. The average molecular weight is 427 g/mol. The van der Waals surface area contributed by atoms with Gasteiger partial charge in [-0.3, -0.25) is 14.8 Å². The number of carbonyl (C=O) groups is 2. The molecule has 5 rings (SSSR count). The normalized spacial score (nSPS) is 15.1. The van der Waals surface area contributed by atoms with E-state index < -0.39 is 12.0 Å². The van der Waals surface area contributed by atoms with Crippen molar-refractivity contribution in [1.29, 1.82) is 0 Å². The Morgan fingerprint density at radius 3 is 2.53 bits per heavy atom. The minimum absolute atomic E-state index is 0.219. The van der Waals surface area contributed by atoms with E-state index in [4.69, 9.17) is 9.15 Å². The van der Waals surface area contributed by atoms with Gasteiger partial charge in [-0.1, -0.05) is 29.8 Å². The summed E-state index contributed by atoms with van der Waals surface area (Å²) in [6.07, 6.45) is 1.59. The monoisotopic (exact) mass is 427 g/mol. The fraction of sp³-hybridized carbons (Fsp3) is 0.160. The fourth-order valence-electron chi connectivity index (χ4n) is 4.05. The summed E-state index contributed by atoms with van der Waals surface area (Å²) in [6, 6.07) is 18.2. The molecule has 7 nitrogen and oxygen atoms in total. The van der Waals surface area contributed by atoms with E-state index >= 15 is 0 Å². The van der Waals surface area contributed by atoms with Gasteiger partial charge in [0.2, 0.25) is 0 Å². The van der Waals surface area contributed by atoms with Crippen molar-refractivity contribution in [2.75, 3.05) is 11.5 Å². The van der Waals surface area contributed by atoms with E-state index in [1.54, 1.807) is 48.4 Å². The van der Waals surface area contributed by atoms with Crippen molar-refractivity contribution in [1.82, 2.24) is 10.2 Å². The molecular weight excluding hydrogens is 406 g/mol. The third kappa shape index (κ3) is 3.19. The number of carbonyl (C=O) groups excluding carboxylic acids is 2. The number of ether oxygens (including phenoxy) is 1. The maximum atomic E-state index is 13.5. The number of aromatic nitrogens is 2. The first-order valence-corrected chi connectivity index (χ1v) is 10.4. The highest BCUT2D eigenvalue weighted by molar-refractivity contribution is 6.11. The Morgan fingerprint density at radius 1 is 1.12 bits per heavy atom. The molecule has 1 N–H and O–H groups in total. The molecule has 160 valence electrons. The first-order valence-electron chi connectivity index (χ1n) is 10.4. The zero-order valence-corrected chi connectivity index (χ0v) is 17.7. The lowest BCUT2D eigenvalue weighted by Gasteiger charge is -2.26. The third-order valence-corrected chi connectivity index (χ3v) is 5.57. The minimum atomic E-state index is -0.398. The lowest BCUT2D eigenvalue weighted by Crippen LogP contribution is -2.29. The van der Waals surface area contributed by atoms with Crippen molar-refractivity contribution in [2.24, 2.45) is 0 Å². The number of amides is 1. The summed E-state index contributed by atoms with van der Waals surface area (Å²) in [7, 11) is 0. The molecule has 0 fully saturated rings. The summed E-state index contributed by atoms with van der Waals surface area (Å²) in [6.45, 7) is 4.09. The fourth-order valence-corrected chi connectivity index (χ4v) is 4.05. The van der Waals surface area contributed by atoms with Crippen molar-refractivity contribution in [2.45, 2.75) is 19.9 Å². The number of hydrogen-bond donors (Lipinski definition) is 1. The van der Waals surface area contributed by atoms with Crippen LogP contribution in [0.5, 0.6) is 0 Å².